The van der Waals surface area contributed by atoms with Crippen LogP contribution in [0.3, 0.4) is 0 Å². The van der Waals surface area contributed by atoms with Gasteiger partial charge in [0, 0.05) is 40.0 Å². The smallest absolute Gasteiger partial charge is 0.337 e. The van der Waals surface area contributed by atoms with Crippen LogP contribution in [0.25, 0.3) is 22.2 Å². The molecule has 2 aromatic carbocycles. The zero-order valence-electron chi connectivity index (χ0n) is 20.4. The van der Waals surface area contributed by atoms with Crippen molar-refractivity contribution in [3.63, 3.8) is 0 Å². The fraction of sp³-hybridized carbons (Fsp3) is 0.286. The Hall–Kier alpha value is -3.22. The van der Waals surface area contributed by atoms with E-state index < -0.39 is 17.7 Å². The normalized spacial score (nSPS) is 12.8. The standard InChI is InChI=1S/C28H28ClFN2O3/c1-16-14-19(29)8-11-21(16)24-22-12-13-32(15-18-6-9-20(30)10-7-18)26(22)31-17(2)23(24)25(27(33)34)35-28(3,4)5/h6-14,25H,15H2,1-5H3,(H,33,34). The summed E-state index contributed by atoms with van der Waals surface area (Å²) in [6, 6.07) is 13.8. The first-order valence-electron chi connectivity index (χ1n) is 11.4. The van der Waals surface area contributed by atoms with E-state index >= 15 is 0 Å². The third-order valence-electron chi connectivity index (χ3n) is 5.82. The summed E-state index contributed by atoms with van der Waals surface area (Å²) in [5.74, 6) is -1.37. The minimum Gasteiger partial charge on any atom is -0.479 e. The fourth-order valence-electron chi connectivity index (χ4n) is 4.35. The number of hydrogen-bond acceptors (Lipinski definition) is 3. The van der Waals surface area contributed by atoms with E-state index in [4.69, 9.17) is 21.3 Å². The Morgan fingerprint density at radius 3 is 2.43 bits per heavy atom. The Morgan fingerprint density at radius 2 is 1.83 bits per heavy atom. The zero-order chi connectivity index (χ0) is 25.5. The van der Waals surface area contributed by atoms with Gasteiger partial charge in [0.2, 0.25) is 0 Å². The van der Waals surface area contributed by atoms with Crippen LogP contribution in [0.1, 0.15) is 49.3 Å². The van der Waals surface area contributed by atoms with E-state index in [9.17, 15) is 14.3 Å². The van der Waals surface area contributed by atoms with Crippen LogP contribution >= 0.6 is 11.6 Å². The highest BCUT2D eigenvalue weighted by Gasteiger charge is 2.33. The van der Waals surface area contributed by atoms with Crippen LogP contribution in [0.2, 0.25) is 5.02 Å². The van der Waals surface area contributed by atoms with Gasteiger partial charge < -0.3 is 14.4 Å². The molecule has 35 heavy (non-hydrogen) atoms. The molecule has 2 heterocycles. The van der Waals surface area contributed by atoms with Crippen LogP contribution in [0, 0.1) is 19.7 Å². The molecule has 0 aliphatic carbocycles. The van der Waals surface area contributed by atoms with Gasteiger partial charge in [-0.1, -0.05) is 29.8 Å². The average molecular weight is 495 g/mol. The van der Waals surface area contributed by atoms with Crippen molar-refractivity contribution in [3.8, 4) is 11.1 Å². The van der Waals surface area contributed by atoms with E-state index in [-0.39, 0.29) is 5.82 Å². The number of fused-ring (bicyclic) bond motifs is 1. The predicted molar refractivity (Wildman–Crippen MR) is 136 cm³/mol. The summed E-state index contributed by atoms with van der Waals surface area (Å²) in [6.45, 7) is 9.74. The number of benzene rings is 2. The number of halogens is 2. The van der Waals surface area contributed by atoms with E-state index in [0.29, 0.717) is 28.5 Å². The van der Waals surface area contributed by atoms with Gasteiger partial charge in [-0.3, -0.25) is 0 Å². The Labute approximate surface area is 209 Å². The predicted octanol–water partition coefficient (Wildman–Crippen LogP) is 7.10. The maximum Gasteiger partial charge on any atom is 0.337 e. The monoisotopic (exact) mass is 494 g/mol. The number of ether oxygens (including phenoxy) is 1. The molecule has 0 fully saturated rings. The molecule has 0 spiro atoms. The largest absolute Gasteiger partial charge is 0.479 e. The van der Waals surface area contributed by atoms with Gasteiger partial charge >= 0.3 is 5.97 Å². The first kappa shape index (κ1) is 24.9. The molecule has 5 nitrogen and oxygen atoms in total. The molecule has 0 saturated heterocycles. The van der Waals surface area contributed by atoms with Gasteiger partial charge in [-0.15, -0.1) is 0 Å². The van der Waals surface area contributed by atoms with E-state index in [0.717, 1.165) is 27.6 Å². The van der Waals surface area contributed by atoms with E-state index in [1.54, 1.807) is 25.1 Å². The molecule has 1 atom stereocenters. The molecule has 1 N–H and O–H groups in total. The Morgan fingerprint density at radius 1 is 1.14 bits per heavy atom. The average Bonchev–Trinajstić information content (AvgIpc) is 3.14. The third kappa shape index (κ3) is 5.24. The van der Waals surface area contributed by atoms with Gasteiger partial charge in [0.05, 0.1) is 5.60 Å². The molecule has 7 heteroatoms. The number of rotatable bonds is 6. The lowest BCUT2D eigenvalue weighted by Gasteiger charge is -2.28. The molecular weight excluding hydrogens is 467 g/mol. The van der Waals surface area contributed by atoms with E-state index in [1.807, 2.05) is 56.7 Å². The number of carbonyl (C=O) groups is 1. The second-order valence-electron chi connectivity index (χ2n) is 9.70. The summed E-state index contributed by atoms with van der Waals surface area (Å²) in [5, 5.41) is 11.6. The second kappa shape index (κ2) is 9.44. The SMILES string of the molecule is Cc1cc(Cl)ccc1-c1c(C(OC(C)(C)C)C(=O)O)c(C)nc2c1ccn2Cc1ccc(F)cc1. The van der Waals surface area contributed by atoms with E-state index in [1.165, 1.54) is 12.1 Å². The molecule has 4 rings (SSSR count). The van der Waals surface area contributed by atoms with Crippen LogP contribution < -0.4 is 0 Å². The van der Waals surface area contributed by atoms with Crippen molar-refractivity contribution in [2.24, 2.45) is 0 Å². The molecular formula is C28H28ClFN2O3. The van der Waals surface area contributed by atoms with Crippen LogP contribution in [-0.4, -0.2) is 26.2 Å². The number of aromatic nitrogens is 2. The lowest BCUT2D eigenvalue weighted by atomic mass is 9.90. The number of nitrogens with zero attached hydrogens (tertiary/aromatic N) is 2. The molecule has 0 bridgehead atoms. The summed E-state index contributed by atoms with van der Waals surface area (Å²) >= 11 is 6.24. The molecule has 182 valence electrons. The lowest BCUT2D eigenvalue weighted by molar-refractivity contribution is -0.160. The highest BCUT2D eigenvalue weighted by molar-refractivity contribution is 6.30. The summed E-state index contributed by atoms with van der Waals surface area (Å²) in [5.41, 5.74) is 4.57. The molecule has 2 aromatic heterocycles. The van der Waals surface area contributed by atoms with Gasteiger partial charge in [0.25, 0.3) is 0 Å². The molecule has 4 aromatic rings. The number of aryl methyl sites for hydroxylation is 2. The summed E-state index contributed by atoms with van der Waals surface area (Å²) in [6.07, 6.45) is 0.705. The van der Waals surface area contributed by atoms with Gasteiger partial charge in [0.1, 0.15) is 11.5 Å². The highest BCUT2D eigenvalue weighted by atomic mass is 35.5. The highest BCUT2D eigenvalue weighted by Crippen LogP contribution is 2.41. The molecule has 1 unspecified atom stereocenters. The van der Waals surface area contributed by atoms with Crippen molar-refractivity contribution in [1.82, 2.24) is 9.55 Å². The number of carboxylic acid groups (broad SMARTS) is 1. The first-order chi connectivity index (χ1) is 16.4. The topological polar surface area (TPSA) is 64.3 Å². The summed E-state index contributed by atoms with van der Waals surface area (Å²) < 4.78 is 21.4. The zero-order valence-corrected chi connectivity index (χ0v) is 21.2. The quantitative estimate of drug-likeness (QED) is 0.310. The van der Waals surface area contributed by atoms with Crippen LogP contribution in [0.15, 0.2) is 54.7 Å². The molecule has 0 saturated carbocycles. The third-order valence-corrected chi connectivity index (χ3v) is 6.05. The van der Waals surface area contributed by atoms with Crippen molar-refractivity contribution >= 4 is 28.6 Å². The Kier molecular flexibility index (Phi) is 6.71. The fourth-order valence-corrected chi connectivity index (χ4v) is 4.57. The van der Waals surface area contributed by atoms with Gasteiger partial charge in [-0.2, -0.15) is 0 Å². The number of aliphatic carboxylic acids is 1. The molecule has 0 amide bonds. The minimum absolute atomic E-state index is 0.288. The summed E-state index contributed by atoms with van der Waals surface area (Å²) in [7, 11) is 0. The number of carboxylic acids is 1. The van der Waals surface area contributed by atoms with Crippen molar-refractivity contribution in [2.75, 3.05) is 0 Å². The molecule has 0 aliphatic heterocycles. The van der Waals surface area contributed by atoms with Crippen molar-refractivity contribution in [3.05, 3.63) is 88.0 Å². The van der Waals surface area contributed by atoms with Crippen LogP contribution in [-0.2, 0) is 16.1 Å². The van der Waals surface area contributed by atoms with Crippen molar-refractivity contribution < 1.29 is 19.0 Å². The second-order valence-corrected chi connectivity index (χ2v) is 10.1. The molecule has 0 aliphatic rings. The molecule has 0 radical (unpaired) electrons. The number of hydrogen-bond donors (Lipinski definition) is 1. The van der Waals surface area contributed by atoms with Crippen LogP contribution in [0.4, 0.5) is 4.39 Å². The summed E-state index contributed by atoms with van der Waals surface area (Å²) in [4.78, 5) is 17.3. The van der Waals surface area contributed by atoms with Gasteiger partial charge in [-0.25, -0.2) is 14.2 Å². The van der Waals surface area contributed by atoms with Crippen molar-refractivity contribution in [1.29, 1.82) is 0 Å². The van der Waals surface area contributed by atoms with Crippen LogP contribution in [0.5, 0.6) is 0 Å². The van der Waals surface area contributed by atoms with E-state index in [2.05, 4.69) is 0 Å². The lowest BCUT2D eigenvalue weighted by Crippen LogP contribution is -2.28. The Balaban J connectivity index is 1.99. The maximum absolute atomic E-state index is 13.4. The first-order valence-corrected chi connectivity index (χ1v) is 11.7. The Bertz CT molecular complexity index is 1400. The van der Waals surface area contributed by atoms with Gasteiger partial charge in [-0.05, 0) is 81.6 Å². The van der Waals surface area contributed by atoms with Crippen molar-refractivity contribution in [2.45, 2.75) is 52.9 Å². The van der Waals surface area contributed by atoms with Gasteiger partial charge in [0.15, 0.2) is 6.10 Å². The number of pyridine rings is 1. The maximum atomic E-state index is 13.4. The minimum atomic E-state index is -1.21.